The molecule has 36 heavy (non-hydrogen) atoms. The molecular formula is C24H28N6O5S. The number of carbonyl (C=O) groups is 1. The number of carbonyl (C=O) groups excluding carboxylic acids is 1. The van der Waals surface area contributed by atoms with Crippen LogP contribution in [-0.4, -0.2) is 68.4 Å². The largest absolute Gasteiger partial charge is 0.388 e. The number of piperidine rings is 1. The van der Waals surface area contributed by atoms with Crippen LogP contribution in [0.25, 0.3) is 16.7 Å². The van der Waals surface area contributed by atoms with Gasteiger partial charge in [0.25, 0.3) is 5.56 Å². The number of fused-ring (bicyclic) bond motifs is 1. The van der Waals surface area contributed by atoms with Crippen LogP contribution in [0.15, 0.2) is 59.6 Å². The lowest BCUT2D eigenvalue weighted by molar-refractivity contribution is -0.143. The topological polar surface area (TPSA) is 139 Å². The number of hydrogen-bond acceptors (Lipinski definition) is 7. The number of hydrogen-bond donors (Lipinski definition) is 2. The Morgan fingerprint density at radius 1 is 1.22 bits per heavy atom. The summed E-state index contributed by atoms with van der Waals surface area (Å²) in [5, 5.41) is 16.7. The molecule has 1 aliphatic heterocycles. The fraction of sp³-hybridized carbons (Fsp3) is 0.417. The average molecular weight is 513 g/mol. The van der Waals surface area contributed by atoms with E-state index in [9.17, 15) is 23.1 Å². The van der Waals surface area contributed by atoms with Crippen molar-refractivity contribution in [3.8, 4) is 5.69 Å². The molecule has 0 unspecified atom stereocenters. The lowest BCUT2D eigenvalue weighted by Crippen LogP contribution is -2.54. The molecule has 1 saturated carbocycles. The van der Waals surface area contributed by atoms with Crippen molar-refractivity contribution in [2.45, 2.75) is 43.9 Å². The number of nitrogens with zero attached hydrogens (tertiary/aromatic N) is 5. The number of nitrogens with one attached hydrogen (secondary N) is 1. The van der Waals surface area contributed by atoms with Gasteiger partial charge in [0.1, 0.15) is 11.7 Å². The molecule has 190 valence electrons. The summed E-state index contributed by atoms with van der Waals surface area (Å²) in [4.78, 5) is 32.1. The predicted octanol–water partition coefficient (Wildman–Crippen LogP) is 0.777. The molecule has 2 aromatic heterocycles. The van der Waals surface area contributed by atoms with Crippen molar-refractivity contribution in [3.63, 3.8) is 0 Å². The number of rotatable bonds is 7. The summed E-state index contributed by atoms with van der Waals surface area (Å²) < 4.78 is 28.7. The molecule has 1 aliphatic carbocycles. The van der Waals surface area contributed by atoms with Gasteiger partial charge in [0, 0.05) is 30.5 Å². The van der Waals surface area contributed by atoms with Gasteiger partial charge in [0.15, 0.2) is 5.65 Å². The lowest BCUT2D eigenvalue weighted by atomic mass is 9.79. The Hall–Kier alpha value is -3.35. The van der Waals surface area contributed by atoms with Gasteiger partial charge in [-0.1, -0.05) is 24.8 Å². The fourth-order valence-corrected chi connectivity index (χ4v) is 5.65. The van der Waals surface area contributed by atoms with Crippen LogP contribution < -0.4 is 10.3 Å². The molecule has 2 fully saturated rings. The zero-order chi connectivity index (χ0) is 25.5. The standard InChI is InChI=1S/C24H28N6O5S/c1-2-36(34,35)27-18-12-17(13-18)22(31)28-10-8-24(33,9-11-28)15-29-16-25-21-20(23(29)32)14-26-30(21)19-6-4-3-5-7-19/h2-7,14,16-18,27,33H,1,8-13,15H2. The second-order valence-corrected chi connectivity index (χ2v) is 11.2. The Labute approximate surface area is 208 Å². The first kappa shape index (κ1) is 24.3. The smallest absolute Gasteiger partial charge is 0.264 e. The number of aromatic nitrogens is 4. The highest BCUT2D eigenvalue weighted by Gasteiger charge is 2.41. The molecule has 5 rings (SSSR count). The second kappa shape index (κ2) is 9.26. The van der Waals surface area contributed by atoms with Crippen LogP contribution in [0, 0.1) is 5.92 Å². The Kier molecular flexibility index (Phi) is 6.27. The average Bonchev–Trinajstić information content (AvgIpc) is 3.28. The minimum absolute atomic E-state index is 0.0281. The number of benzene rings is 1. The molecule has 1 aromatic carbocycles. The molecule has 1 saturated heterocycles. The van der Waals surface area contributed by atoms with Crippen LogP contribution in [0.4, 0.5) is 0 Å². The van der Waals surface area contributed by atoms with Crippen LogP contribution in [0.2, 0.25) is 0 Å². The van der Waals surface area contributed by atoms with Gasteiger partial charge in [-0.15, -0.1) is 0 Å². The molecule has 0 atom stereocenters. The van der Waals surface area contributed by atoms with Gasteiger partial charge in [0.2, 0.25) is 15.9 Å². The van der Waals surface area contributed by atoms with Crippen molar-refractivity contribution < 1.29 is 18.3 Å². The number of amides is 1. The zero-order valence-electron chi connectivity index (χ0n) is 19.7. The third-order valence-corrected chi connectivity index (χ3v) is 8.16. The minimum Gasteiger partial charge on any atom is -0.388 e. The van der Waals surface area contributed by atoms with E-state index in [2.05, 4.69) is 21.4 Å². The van der Waals surface area contributed by atoms with Gasteiger partial charge in [-0.2, -0.15) is 5.10 Å². The van der Waals surface area contributed by atoms with Crippen molar-refractivity contribution >= 4 is 27.0 Å². The van der Waals surface area contributed by atoms with Crippen molar-refractivity contribution in [2.75, 3.05) is 13.1 Å². The van der Waals surface area contributed by atoms with E-state index in [1.807, 2.05) is 30.3 Å². The maximum atomic E-state index is 13.1. The van der Waals surface area contributed by atoms with Crippen molar-refractivity contribution in [2.24, 2.45) is 5.92 Å². The van der Waals surface area contributed by atoms with Gasteiger partial charge in [0.05, 0.1) is 24.0 Å². The van der Waals surface area contributed by atoms with E-state index in [1.165, 1.54) is 17.1 Å². The van der Waals surface area contributed by atoms with Crippen molar-refractivity contribution in [1.82, 2.24) is 29.0 Å². The van der Waals surface area contributed by atoms with Gasteiger partial charge < -0.3 is 10.0 Å². The molecular weight excluding hydrogens is 484 g/mol. The van der Waals surface area contributed by atoms with Gasteiger partial charge in [-0.05, 0) is 37.8 Å². The Morgan fingerprint density at radius 2 is 1.92 bits per heavy atom. The molecule has 0 spiro atoms. The normalized spacial score (nSPS) is 21.8. The number of likely N-dealkylation sites (tertiary alicyclic amines) is 1. The van der Waals surface area contributed by atoms with Gasteiger partial charge >= 0.3 is 0 Å². The third-order valence-electron chi connectivity index (χ3n) is 7.06. The highest BCUT2D eigenvalue weighted by molar-refractivity contribution is 7.92. The molecule has 3 heterocycles. The van der Waals surface area contributed by atoms with Crippen LogP contribution in [0.5, 0.6) is 0 Å². The summed E-state index contributed by atoms with van der Waals surface area (Å²) in [6, 6.07) is 9.15. The SMILES string of the molecule is C=CS(=O)(=O)NC1CC(C(=O)N2CCC(O)(Cn3cnc4c(cnn4-c4ccccc4)c3=O)CC2)C1. The van der Waals surface area contributed by atoms with Gasteiger partial charge in [-0.25, -0.2) is 22.8 Å². The van der Waals surface area contributed by atoms with E-state index in [0.29, 0.717) is 49.8 Å². The summed E-state index contributed by atoms with van der Waals surface area (Å²) in [6.45, 7) is 4.07. The predicted molar refractivity (Wildman–Crippen MR) is 133 cm³/mol. The second-order valence-electron chi connectivity index (χ2n) is 9.55. The summed E-state index contributed by atoms with van der Waals surface area (Å²) >= 11 is 0. The number of sulfonamides is 1. The van der Waals surface area contributed by atoms with Gasteiger partial charge in [-0.3, -0.25) is 14.2 Å². The maximum Gasteiger partial charge on any atom is 0.264 e. The van der Waals surface area contributed by atoms with E-state index in [4.69, 9.17) is 0 Å². The van der Waals surface area contributed by atoms with Crippen LogP contribution >= 0.6 is 0 Å². The van der Waals surface area contributed by atoms with Crippen LogP contribution in [0.1, 0.15) is 25.7 Å². The summed E-state index contributed by atoms with van der Waals surface area (Å²) in [7, 11) is -3.51. The Balaban J connectivity index is 1.21. The number of para-hydroxylation sites is 1. The minimum atomic E-state index is -3.51. The molecule has 1 amide bonds. The van der Waals surface area contributed by atoms with Crippen LogP contribution in [0.3, 0.4) is 0 Å². The van der Waals surface area contributed by atoms with E-state index in [-0.39, 0.29) is 30.0 Å². The highest BCUT2D eigenvalue weighted by Crippen LogP contribution is 2.32. The summed E-state index contributed by atoms with van der Waals surface area (Å²) in [5.41, 5.74) is -0.183. The maximum absolute atomic E-state index is 13.1. The Morgan fingerprint density at radius 3 is 2.58 bits per heavy atom. The highest BCUT2D eigenvalue weighted by atomic mass is 32.2. The molecule has 0 radical (unpaired) electrons. The Bertz CT molecular complexity index is 1450. The van der Waals surface area contributed by atoms with E-state index in [1.54, 1.807) is 9.58 Å². The molecule has 2 aliphatic rings. The summed E-state index contributed by atoms with van der Waals surface area (Å²) in [6.07, 6.45) is 4.47. The molecule has 3 aromatic rings. The molecule has 12 heteroatoms. The molecule has 2 N–H and O–H groups in total. The first-order valence-corrected chi connectivity index (χ1v) is 13.4. The van der Waals surface area contributed by atoms with Crippen molar-refractivity contribution in [1.29, 1.82) is 0 Å². The monoisotopic (exact) mass is 512 g/mol. The molecule has 0 bridgehead atoms. The summed E-state index contributed by atoms with van der Waals surface area (Å²) in [5.74, 6) is -0.260. The van der Waals surface area contributed by atoms with E-state index >= 15 is 0 Å². The lowest BCUT2D eigenvalue weighted by Gasteiger charge is -2.42. The third kappa shape index (κ3) is 4.71. The van der Waals surface area contributed by atoms with Crippen LogP contribution in [-0.2, 0) is 21.4 Å². The fourth-order valence-electron chi connectivity index (χ4n) is 4.89. The van der Waals surface area contributed by atoms with E-state index in [0.717, 1.165) is 11.1 Å². The zero-order valence-corrected chi connectivity index (χ0v) is 20.5. The number of aliphatic hydroxyl groups is 1. The van der Waals surface area contributed by atoms with E-state index < -0.39 is 15.6 Å². The first-order valence-electron chi connectivity index (χ1n) is 11.8. The quantitative estimate of drug-likeness (QED) is 0.477. The first-order chi connectivity index (χ1) is 17.2. The molecule has 11 nitrogen and oxygen atoms in total. The van der Waals surface area contributed by atoms with Crippen molar-refractivity contribution in [3.05, 3.63) is 65.2 Å².